The van der Waals surface area contributed by atoms with Gasteiger partial charge in [-0.15, -0.1) is 0 Å². The first kappa shape index (κ1) is 26.9. The fourth-order valence-corrected chi connectivity index (χ4v) is 3.55. The lowest BCUT2D eigenvalue weighted by atomic mass is 10.1. The van der Waals surface area contributed by atoms with Crippen LogP contribution in [0.1, 0.15) is 29.2 Å². The molecule has 7 heteroatoms. The van der Waals surface area contributed by atoms with Crippen LogP contribution in [-0.2, 0) is 9.47 Å². The molecular weight excluding hydrogens is 488 g/mol. The van der Waals surface area contributed by atoms with Gasteiger partial charge in [-0.05, 0) is 19.1 Å². The van der Waals surface area contributed by atoms with Crippen molar-refractivity contribution in [3.05, 3.63) is 144 Å². The summed E-state index contributed by atoms with van der Waals surface area (Å²) in [6, 6.07) is 37.9. The zero-order valence-electron chi connectivity index (χ0n) is 21.8. The zero-order valence-corrected chi connectivity index (χ0v) is 21.8. The van der Waals surface area contributed by atoms with Crippen molar-refractivity contribution in [3.8, 4) is 0 Å². The van der Waals surface area contributed by atoms with Crippen LogP contribution in [0.2, 0.25) is 0 Å². The molecular formula is C32H28N4O3. The molecule has 0 radical (unpaired) electrons. The predicted molar refractivity (Wildman–Crippen MR) is 156 cm³/mol. The molecule has 0 saturated heterocycles. The highest BCUT2D eigenvalue weighted by Gasteiger charge is 2.14. The molecule has 0 N–H and O–H groups in total. The Morgan fingerprint density at radius 1 is 0.538 bits per heavy atom. The van der Waals surface area contributed by atoms with Crippen molar-refractivity contribution in [2.45, 2.75) is 6.92 Å². The van der Waals surface area contributed by atoms with Crippen LogP contribution in [0.3, 0.4) is 0 Å². The maximum absolute atomic E-state index is 12.2. The van der Waals surface area contributed by atoms with Crippen molar-refractivity contribution < 1.29 is 14.3 Å². The summed E-state index contributed by atoms with van der Waals surface area (Å²) in [5.74, 6) is 1.29. The highest BCUT2D eigenvalue weighted by atomic mass is 16.5. The quantitative estimate of drug-likeness (QED) is 0.222. The van der Waals surface area contributed by atoms with Crippen LogP contribution in [0.25, 0.3) is 0 Å². The van der Waals surface area contributed by atoms with Gasteiger partial charge in [0.1, 0.15) is 0 Å². The van der Waals surface area contributed by atoms with Crippen LogP contribution in [-0.4, -0.2) is 43.2 Å². The van der Waals surface area contributed by atoms with E-state index in [0.29, 0.717) is 35.3 Å². The molecule has 194 valence electrons. The second-order valence-electron chi connectivity index (χ2n) is 8.09. The molecule has 0 bridgehead atoms. The maximum atomic E-state index is 12.2. The molecule has 4 aromatic rings. The van der Waals surface area contributed by atoms with Gasteiger partial charge in [0.2, 0.25) is 5.90 Å². The lowest BCUT2D eigenvalue weighted by molar-refractivity contribution is 0.182. The molecule has 1 amide bonds. The minimum absolute atomic E-state index is 0.162. The first-order valence-electron chi connectivity index (χ1n) is 12.4. The van der Waals surface area contributed by atoms with Crippen molar-refractivity contribution in [2.75, 3.05) is 13.7 Å². The number of carbonyl (C=O) groups is 1. The second kappa shape index (κ2) is 13.9. The topological polar surface area (TPSA) is 85.0 Å². The number of hydrogen-bond donors (Lipinski definition) is 0. The zero-order chi connectivity index (χ0) is 27.3. The maximum Gasteiger partial charge on any atom is 0.435 e. The molecule has 0 saturated carbocycles. The smallest absolute Gasteiger partial charge is 0.435 e. The van der Waals surface area contributed by atoms with Crippen LogP contribution in [0.5, 0.6) is 0 Å². The van der Waals surface area contributed by atoms with E-state index in [1.54, 1.807) is 0 Å². The van der Waals surface area contributed by atoms with E-state index in [2.05, 4.69) is 4.99 Å². The average molecular weight is 517 g/mol. The molecule has 0 aromatic heterocycles. The van der Waals surface area contributed by atoms with Gasteiger partial charge in [0.05, 0.1) is 13.7 Å². The Balaban J connectivity index is 1.96. The Bertz CT molecular complexity index is 1480. The summed E-state index contributed by atoms with van der Waals surface area (Å²) in [5, 5.41) is 0. The minimum atomic E-state index is -0.766. The van der Waals surface area contributed by atoms with Crippen LogP contribution in [0, 0.1) is 0 Å². The Kier molecular flexibility index (Phi) is 9.61. The molecule has 39 heavy (non-hydrogen) atoms. The van der Waals surface area contributed by atoms with Crippen molar-refractivity contribution >= 4 is 29.5 Å². The third kappa shape index (κ3) is 7.66. The number of amidine groups is 3. The number of amides is 1. The fourth-order valence-electron chi connectivity index (χ4n) is 3.55. The van der Waals surface area contributed by atoms with Crippen molar-refractivity contribution in [1.82, 2.24) is 0 Å². The second-order valence-corrected chi connectivity index (χ2v) is 8.09. The molecule has 0 spiro atoms. The third-order valence-electron chi connectivity index (χ3n) is 5.40. The summed E-state index contributed by atoms with van der Waals surface area (Å²) >= 11 is 0. The normalized spacial score (nSPS) is 12.7. The molecule has 0 heterocycles. The van der Waals surface area contributed by atoms with E-state index < -0.39 is 6.09 Å². The summed E-state index contributed by atoms with van der Waals surface area (Å²) in [4.78, 5) is 30.8. The lowest BCUT2D eigenvalue weighted by Crippen LogP contribution is -2.14. The largest absolute Gasteiger partial charge is 0.477 e. The van der Waals surface area contributed by atoms with Crippen LogP contribution < -0.4 is 0 Å². The van der Waals surface area contributed by atoms with E-state index in [1.165, 1.54) is 7.11 Å². The number of hydrogen-bond acceptors (Lipinski definition) is 3. The number of nitrogens with zero attached hydrogens (tertiary/aromatic N) is 4. The van der Waals surface area contributed by atoms with Crippen molar-refractivity contribution in [1.29, 1.82) is 0 Å². The number of methoxy groups -OCH3 is 1. The Morgan fingerprint density at radius 3 is 1.28 bits per heavy atom. The predicted octanol–water partition coefficient (Wildman–Crippen LogP) is 6.58. The van der Waals surface area contributed by atoms with Gasteiger partial charge in [0, 0.05) is 22.3 Å². The van der Waals surface area contributed by atoms with Gasteiger partial charge in [-0.2, -0.15) is 9.98 Å². The van der Waals surface area contributed by atoms with Gasteiger partial charge >= 0.3 is 6.09 Å². The van der Waals surface area contributed by atoms with Gasteiger partial charge in [-0.3, -0.25) is 0 Å². The first-order chi connectivity index (χ1) is 19.2. The minimum Gasteiger partial charge on any atom is -0.477 e. The molecule has 7 nitrogen and oxygen atoms in total. The Morgan fingerprint density at radius 2 is 0.897 bits per heavy atom. The van der Waals surface area contributed by atoms with Gasteiger partial charge < -0.3 is 9.47 Å². The highest BCUT2D eigenvalue weighted by Crippen LogP contribution is 2.13. The van der Waals surface area contributed by atoms with Gasteiger partial charge in [0.25, 0.3) is 0 Å². The van der Waals surface area contributed by atoms with Gasteiger partial charge in [-0.1, -0.05) is 109 Å². The summed E-state index contributed by atoms with van der Waals surface area (Å²) in [6.07, 6.45) is -0.766. The van der Waals surface area contributed by atoms with E-state index in [4.69, 9.17) is 24.5 Å². The Hall–Kier alpha value is -5.17. The van der Waals surface area contributed by atoms with E-state index in [0.717, 1.165) is 11.1 Å². The van der Waals surface area contributed by atoms with Crippen molar-refractivity contribution in [3.63, 3.8) is 0 Å². The van der Waals surface area contributed by atoms with E-state index >= 15 is 0 Å². The third-order valence-corrected chi connectivity index (χ3v) is 5.40. The number of rotatable bonds is 5. The molecule has 0 aliphatic rings. The number of ether oxygens (including phenoxy) is 2. The van der Waals surface area contributed by atoms with Crippen LogP contribution >= 0.6 is 0 Å². The molecule has 0 aliphatic carbocycles. The number of benzene rings is 4. The van der Waals surface area contributed by atoms with E-state index in [9.17, 15) is 4.79 Å². The molecule has 4 rings (SSSR count). The first-order valence-corrected chi connectivity index (χ1v) is 12.4. The lowest BCUT2D eigenvalue weighted by Gasteiger charge is -2.11. The van der Waals surface area contributed by atoms with Crippen LogP contribution in [0.4, 0.5) is 4.79 Å². The summed E-state index contributed by atoms with van der Waals surface area (Å²) in [5.41, 5.74) is 2.93. The molecule has 0 fully saturated rings. The molecule has 0 unspecified atom stereocenters. The van der Waals surface area contributed by atoms with E-state index in [-0.39, 0.29) is 5.84 Å². The summed E-state index contributed by atoms with van der Waals surface area (Å²) < 4.78 is 10.7. The van der Waals surface area contributed by atoms with Gasteiger partial charge in [-0.25, -0.2) is 14.8 Å². The molecule has 0 aliphatic heterocycles. The number of carbonyl (C=O) groups excluding carboxylic acids is 1. The standard InChI is InChI=1S/C32H28N4O3/c1-3-39-31(27-22-14-7-15-23-27)35-29(25-18-10-5-11-19-25)33-28(24-16-8-4-9-17-24)34-30(36-32(37)38-2)26-20-12-6-13-21-26/h4-23H,3H2,1-2H3/b33-29?,34-28?,35-31?,36-30+. The summed E-state index contributed by atoms with van der Waals surface area (Å²) in [6.45, 7) is 2.34. The number of aliphatic imine (C=N–C) groups is 4. The Labute approximate surface area is 227 Å². The van der Waals surface area contributed by atoms with Crippen LogP contribution in [0.15, 0.2) is 141 Å². The fraction of sp³-hybridized carbons (Fsp3) is 0.0938. The van der Waals surface area contributed by atoms with Crippen molar-refractivity contribution in [2.24, 2.45) is 20.0 Å². The highest BCUT2D eigenvalue weighted by molar-refractivity contribution is 6.19. The molecule has 0 atom stereocenters. The SMILES string of the molecule is CCOC(=NC(=NC(=N/C(=N/C(=O)OC)c1ccccc1)c1ccccc1)c1ccccc1)c1ccccc1. The van der Waals surface area contributed by atoms with Gasteiger partial charge in [0.15, 0.2) is 17.5 Å². The van der Waals surface area contributed by atoms with E-state index in [1.807, 2.05) is 128 Å². The molecule has 4 aromatic carbocycles. The summed E-state index contributed by atoms with van der Waals surface area (Å²) in [7, 11) is 1.27. The average Bonchev–Trinajstić information content (AvgIpc) is 3.01. The monoisotopic (exact) mass is 516 g/mol.